The fraction of sp³-hybridized carbons (Fsp3) is 0.294. The van der Waals surface area contributed by atoms with Gasteiger partial charge in [0.25, 0.3) is 0 Å². The minimum absolute atomic E-state index is 0.0924. The molecule has 0 aromatic heterocycles. The van der Waals surface area contributed by atoms with Gasteiger partial charge in [-0.05, 0) is 31.0 Å². The molecule has 21 heavy (non-hydrogen) atoms. The van der Waals surface area contributed by atoms with Crippen LogP contribution in [0.4, 0.5) is 8.78 Å². The molecule has 112 valence electrons. The molecule has 3 unspecified atom stereocenters. The first-order valence-corrected chi connectivity index (χ1v) is 8.22. The molecule has 3 atom stereocenters. The summed E-state index contributed by atoms with van der Waals surface area (Å²) in [6.07, 6.45) is 0.650. The molecule has 0 N–H and O–H groups in total. The third kappa shape index (κ3) is 3.38. The maximum absolute atomic E-state index is 13.9. The van der Waals surface area contributed by atoms with Crippen LogP contribution in [0.25, 0.3) is 0 Å². The molecule has 0 saturated carbocycles. The first kappa shape index (κ1) is 15.8. The van der Waals surface area contributed by atoms with Crippen molar-refractivity contribution in [2.24, 2.45) is 0 Å². The molecule has 0 fully saturated rings. The summed E-state index contributed by atoms with van der Waals surface area (Å²) < 4.78 is 40.5. The molecule has 0 amide bonds. The van der Waals surface area contributed by atoms with Crippen LogP contribution in [0.1, 0.15) is 41.9 Å². The van der Waals surface area contributed by atoms with Crippen LogP contribution in [0.5, 0.6) is 0 Å². The zero-order chi connectivity index (χ0) is 15.4. The summed E-state index contributed by atoms with van der Waals surface area (Å²) in [6, 6.07) is 13.2. The Balaban J connectivity index is 2.34. The summed E-state index contributed by atoms with van der Waals surface area (Å²) in [7, 11) is -1.41. The Hall–Kier alpha value is -1.55. The molecular weight excluding hydrogens is 290 g/mol. The van der Waals surface area contributed by atoms with E-state index in [1.165, 1.54) is 18.2 Å². The zero-order valence-corrected chi connectivity index (χ0v) is 12.9. The van der Waals surface area contributed by atoms with E-state index in [4.69, 9.17) is 0 Å². The topological polar surface area (TPSA) is 17.1 Å². The van der Waals surface area contributed by atoms with Crippen molar-refractivity contribution in [2.45, 2.75) is 30.8 Å². The Labute approximate surface area is 126 Å². The SMILES string of the molecule is CCC(c1ccccc1)S(=O)C(C)c1c(F)cccc1F. The Morgan fingerprint density at radius 3 is 2.10 bits per heavy atom. The highest BCUT2D eigenvalue weighted by Gasteiger charge is 2.27. The van der Waals surface area contributed by atoms with Crippen molar-refractivity contribution in [1.82, 2.24) is 0 Å². The lowest BCUT2D eigenvalue weighted by Crippen LogP contribution is -2.14. The predicted molar refractivity (Wildman–Crippen MR) is 82.4 cm³/mol. The number of benzene rings is 2. The van der Waals surface area contributed by atoms with Gasteiger partial charge in [-0.3, -0.25) is 4.21 Å². The monoisotopic (exact) mass is 308 g/mol. The summed E-state index contributed by atoms with van der Waals surface area (Å²) in [5, 5.41) is -0.934. The van der Waals surface area contributed by atoms with Crippen LogP contribution in [0.2, 0.25) is 0 Å². The quantitative estimate of drug-likeness (QED) is 0.765. The van der Waals surface area contributed by atoms with Crippen molar-refractivity contribution in [3.8, 4) is 0 Å². The third-order valence-electron chi connectivity index (χ3n) is 3.58. The molecule has 0 aliphatic carbocycles. The average molecular weight is 308 g/mol. The predicted octanol–water partition coefficient (Wildman–Crippen LogP) is 4.93. The molecule has 2 rings (SSSR count). The van der Waals surface area contributed by atoms with Gasteiger partial charge in [-0.15, -0.1) is 0 Å². The van der Waals surface area contributed by atoms with E-state index in [1.807, 2.05) is 37.3 Å². The van der Waals surface area contributed by atoms with Gasteiger partial charge >= 0.3 is 0 Å². The Bertz CT molecular complexity index is 608. The first-order valence-electron chi connectivity index (χ1n) is 6.94. The number of hydrogen-bond acceptors (Lipinski definition) is 1. The van der Waals surface area contributed by atoms with Gasteiger partial charge in [0.2, 0.25) is 0 Å². The Morgan fingerprint density at radius 1 is 1.00 bits per heavy atom. The van der Waals surface area contributed by atoms with Crippen LogP contribution in [-0.4, -0.2) is 4.21 Å². The van der Waals surface area contributed by atoms with Gasteiger partial charge in [0.1, 0.15) is 11.6 Å². The van der Waals surface area contributed by atoms with Gasteiger partial charge in [-0.1, -0.05) is 43.3 Å². The molecule has 2 aromatic carbocycles. The molecule has 0 aliphatic heterocycles. The molecule has 0 bridgehead atoms. The molecule has 1 nitrogen and oxygen atoms in total. The summed E-state index contributed by atoms with van der Waals surface area (Å²) >= 11 is 0. The lowest BCUT2D eigenvalue weighted by atomic mass is 10.1. The van der Waals surface area contributed by atoms with E-state index in [0.717, 1.165) is 5.56 Å². The molecule has 2 aromatic rings. The highest BCUT2D eigenvalue weighted by Crippen LogP contribution is 2.34. The maximum atomic E-state index is 13.9. The van der Waals surface area contributed by atoms with E-state index in [-0.39, 0.29) is 10.8 Å². The average Bonchev–Trinajstić information content (AvgIpc) is 2.48. The van der Waals surface area contributed by atoms with Crippen LogP contribution in [0, 0.1) is 11.6 Å². The van der Waals surface area contributed by atoms with Crippen molar-refractivity contribution in [1.29, 1.82) is 0 Å². The normalized spacial score (nSPS) is 15.4. The second kappa shape index (κ2) is 6.94. The number of rotatable bonds is 5. The van der Waals surface area contributed by atoms with Crippen LogP contribution in [0.3, 0.4) is 0 Å². The van der Waals surface area contributed by atoms with E-state index in [1.54, 1.807) is 6.92 Å². The molecule has 0 saturated heterocycles. The minimum Gasteiger partial charge on any atom is -0.258 e. The number of halogens is 2. The van der Waals surface area contributed by atoms with Crippen LogP contribution in [0.15, 0.2) is 48.5 Å². The van der Waals surface area contributed by atoms with Crippen LogP contribution in [-0.2, 0) is 10.8 Å². The lowest BCUT2D eigenvalue weighted by molar-refractivity contribution is 0.552. The Morgan fingerprint density at radius 2 is 1.57 bits per heavy atom. The lowest BCUT2D eigenvalue weighted by Gasteiger charge is -2.21. The standard InChI is InChI=1S/C17H18F2OS/c1-3-16(13-8-5-4-6-9-13)21(20)12(2)17-14(18)10-7-11-15(17)19/h4-12,16H,3H2,1-2H3. The largest absolute Gasteiger partial charge is 0.258 e. The second-order valence-corrected chi connectivity index (χ2v) is 6.85. The molecule has 0 radical (unpaired) electrons. The van der Waals surface area contributed by atoms with Gasteiger partial charge in [-0.2, -0.15) is 0 Å². The first-order chi connectivity index (χ1) is 10.1. The Kier molecular flexibility index (Phi) is 5.23. The van der Waals surface area contributed by atoms with Gasteiger partial charge in [0, 0.05) is 16.4 Å². The van der Waals surface area contributed by atoms with Gasteiger partial charge in [-0.25, -0.2) is 8.78 Å². The van der Waals surface area contributed by atoms with Crippen molar-refractivity contribution in [3.05, 3.63) is 71.3 Å². The van der Waals surface area contributed by atoms with Gasteiger partial charge in [0.15, 0.2) is 0 Å². The summed E-state index contributed by atoms with van der Waals surface area (Å²) in [4.78, 5) is 0. The fourth-order valence-electron chi connectivity index (χ4n) is 2.46. The van der Waals surface area contributed by atoms with E-state index < -0.39 is 27.7 Å². The summed E-state index contributed by atoms with van der Waals surface area (Å²) in [6.45, 7) is 3.54. The molecule has 4 heteroatoms. The molecule has 0 aliphatic rings. The fourth-order valence-corrected chi connectivity index (χ4v) is 4.17. The van der Waals surface area contributed by atoms with E-state index in [0.29, 0.717) is 6.42 Å². The van der Waals surface area contributed by atoms with E-state index in [2.05, 4.69) is 0 Å². The number of hydrogen-bond donors (Lipinski definition) is 0. The molecular formula is C17H18F2OS. The smallest absolute Gasteiger partial charge is 0.130 e. The highest BCUT2D eigenvalue weighted by molar-refractivity contribution is 7.85. The second-order valence-electron chi connectivity index (χ2n) is 4.91. The third-order valence-corrected chi connectivity index (χ3v) is 5.68. The maximum Gasteiger partial charge on any atom is 0.130 e. The van der Waals surface area contributed by atoms with Crippen LogP contribution >= 0.6 is 0 Å². The summed E-state index contributed by atoms with van der Waals surface area (Å²) in [5.74, 6) is -1.28. The van der Waals surface area contributed by atoms with Crippen molar-refractivity contribution in [2.75, 3.05) is 0 Å². The molecule has 0 heterocycles. The van der Waals surface area contributed by atoms with Crippen molar-refractivity contribution in [3.63, 3.8) is 0 Å². The van der Waals surface area contributed by atoms with Crippen LogP contribution < -0.4 is 0 Å². The minimum atomic E-state index is -1.41. The summed E-state index contributed by atoms with van der Waals surface area (Å²) in [5.41, 5.74) is 0.840. The van der Waals surface area contributed by atoms with Gasteiger partial charge in [0.05, 0.1) is 10.5 Å². The van der Waals surface area contributed by atoms with Gasteiger partial charge < -0.3 is 0 Å². The zero-order valence-electron chi connectivity index (χ0n) is 12.1. The van der Waals surface area contributed by atoms with Crippen molar-refractivity contribution < 1.29 is 13.0 Å². The van der Waals surface area contributed by atoms with Crippen molar-refractivity contribution >= 4 is 10.8 Å². The van der Waals surface area contributed by atoms with E-state index >= 15 is 0 Å². The van der Waals surface area contributed by atoms with E-state index in [9.17, 15) is 13.0 Å². The molecule has 0 spiro atoms. The highest BCUT2D eigenvalue weighted by atomic mass is 32.2.